The van der Waals surface area contributed by atoms with E-state index in [0.717, 1.165) is 54.9 Å². The van der Waals surface area contributed by atoms with Gasteiger partial charge in [-0.2, -0.15) is 0 Å². The fraction of sp³-hybridized carbons (Fsp3) is 0.423. The number of likely N-dealkylation sites (tertiary alicyclic amines) is 1. The zero-order chi connectivity index (χ0) is 23.0. The maximum Gasteiger partial charge on any atom is 0.253 e. The molecule has 0 aliphatic carbocycles. The van der Waals surface area contributed by atoms with Crippen LogP contribution in [0, 0.1) is 0 Å². The number of carbonyl (C=O) groups is 2. The first-order valence-electron chi connectivity index (χ1n) is 11.9. The molecule has 2 aromatic carbocycles. The van der Waals surface area contributed by atoms with Gasteiger partial charge in [0.15, 0.2) is 5.96 Å². The van der Waals surface area contributed by atoms with E-state index < -0.39 is 0 Å². The Kier molecular flexibility index (Phi) is 7.60. The van der Waals surface area contributed by atoms with Crippen LogP contribution in [0.3, 0.4) is 0 Å². The van der Waals surface area contributed by atoms with Crippen molar-refractivity contribution >= 4 is 23.5 Å². The Labute approximate surface area is 195 Å². The maximum absolute atomic E-state index is 12.8. The highest BCUT2D eigenvalue weighted by atomic mass is 16.2. The molecule has 2 aliphatic heterocycles. The Morgan fingerprint density at radius 3 is 2.73 bits per heavy atom. The second kappa shape index (κ2) is 11.0. The van der Waals surface area contributed by atoms with Gasteiger partial charge in [0.1, 0.15) is 0 Å². The van der Waals surface area contributed by atoms with Crippen LogP contribution in [0.5, 0.6) is 0 Å². The zero-order valence-electron chi connectivity index (χ0n) is 19.3. The summed E-state index contributed by atoms with van der Waals surface area (Å²) in [5, 5.41) is 9.62. The van der Waals surface area contributed by atoms with Crippen molar-refractivity contribution in [2.45, 2.75) is 45.1 Å². The lowest BCUT2D eigenvalue weighted by Crippen LogP contribution is -2.40. The largest absolute Gasteiger partial charge is 0.357 e. The number of aliphatic imine (C=N–C) groups is 1. The molecule has 2 aliphatic rings. The van der Waals surface area contributed by atoms with Gasteiger partial charge < -0.3 is 20.9 Å². The number of amides is 2. The lowest BCUT2D eigenvalue weighted by Gasteiger charge is -2.27. The Morgan fingerprint density at radius 1 is 1.09 bits per heavy atom. The highest BCUT2D eigenvalue weighted by molar-refractivity contribution is 5.95. The standard InChI is InChI=1S/C26H33N5O2/c1-2-27-26(29-18-21-16-24(32)30-23-12-5-4-11-22(21)23)28-17-19-9-8-10-20(15-19)25(33)31-13-6-3-7-14-31/h4-5,8-12,15,21H,2-3,6-7,13-14,16-18H2,1H3,(H,30,32)(H2,27,28,29). The molecule has 1 fully saturated rings. The molecule has 3 N–H and O–H groups in total. The quantitative estimate of drug-likeness (QED) is 0.467. The van der Waals surface area contributed by atoms with Crippen LogP contribution in [0.15, 0.2) is 53.5 Å². The van der Waals surface area contributed by atoms with Gasteiger partial charge >= 0.3 is 0 Å². The third kappa shape index (κ3) is 5.92. The van der Waals surface area contributed by atoms with Gasteiger partial charge in [0.2, 0.25) is 5.91 Å². The van der Waals surface area contributed by atoms with Crippen LogP contribution in [-0.4, -0.2) is 48.9 Å². The van der Waals surface area contributed by atoms with Crippen LogP contribution >= 0.6 is 0 Å². The average Bonchev–Trinajstić information content (AvgIpc) is 2.85. The van der Waals surface area contributed by atoms with Crippen LogP contribution in [0.25, 0.3) is 0 Å². The topological polar surface area (TPSA) is 85.8 Å². The third-order valence-corrected chi connectivity index (χ3v) is 6.20. The van der Waals surface area contributed by atoms with Gasteiger partial charge in [-0.25, -0.2) is 4.99 Å². The second-order valence-corrected chi connectivity index (χ2v) is 8.67. The smallest absolute Gasteiger partial charge is 0.253 e. The first kappa shape index (κ1) is 22.8. The van der Waals surface area contributed by atoms with Gasteiger partial charge in [-0.3, -0.25) is 9.59 Å². The minimum absolute atomic E-state index is 0.0395. The van der Waals surface area contributed by atoms with Crippen LogP contribution in [0.2, 0.25) is 0 Å². The summed E-state index contributed by atoms with van der Waals surface area (Å²) >= 11 is 0. The van der Waals surface area contributed by atoms with E-state index in [1.807, 2.05) is 54.3 Å². The molecule has 2 amide bonds. The van der Waals surface area contributed by atoms with Gasteiger partial charge in [0.05, 0.1) is 6.54 Å². The van der Waals surface area contributed by atoms with Crippen molar-refractivity contribution in [1.82, 2.24) is 15.5 Å². The number of carbonyl (C=O) groups excluding carboxylic acids is 2. The van der Waals surface area contributed by atoms with Crippen LogP contribution < -0.4 is 16.0 Å². The predicted molar refractivity (Wildman–Crippen MR) is 131 cm³/mol. The van der Waals surface area contributed by atoms with Crippen LogP contribution in [0.1, 0.15) is 60.0 Å². The van der Waals surface area contributed by atoms with Gasteiger partial charge in [-0.1, -0.05) is 30.3 Å². The van der Waals surface area contributed by atoms with Gasteiger partial charge in [-0.05, 0) is 55.5 Å². The molecule has 7 heteroatoms. The fourth-order valence-electron chi connectivity index (χ4n) is 4.50. The number of hydrogen-bond donors (Lipinski definition) is 3. The number of benzene rings is 2. The summed E-state index contributed by atoms with van der Waals surface area (Å²) in [5.41, 5.74) is 3.76. The zero-order valence-corrected chi connectivity index (χ0v) is 19.3. The van der Waals surface area contributed by atoms with E-state index in [-0.39, 0.29) is 17.7 Å². The summed E-state index contributed by atoms with van der Waals surface area (Å²) in [6.07, 6.45) is 3.82. The van der Waals surface area contributed by atoms with E-state index in [2.05, 4.69) is 22.0 Å². The minimum atomic E-state index is 0.0395. The highest BCUT2D eigenvalue weighted by Gasteiger charge is 2.24. The Hall–Kier alpha value is -3.35. The summed E-state index contributed by atoms with van der Waals surface area (Å²) in [5.74, 6) is 0.940. The van der Waals surface area contributed by atoms with Crippen molar-refractivity contribution in [3.8, 4) is 0 Å². The average molecular weight is 448 g/mol. The molecular weight excluding hydrogens is 414 g/mol. The maximum atomic E-state index is 12.8. The van der Waals surface area contributed by atoms with E-state index in [0.29, 0.717) is 25.5 Å². The van der Waals surface area contributed by atoms with E-state index in [9.17, 15) is 9.59 Å². The molecule has 7 nitrogen and oxygen atoms in total. The number of hydrogen-bond acceptors (Lipinski definition) is 3. The molecule has 0 spiro atoms. The normalized spacial score (nSPS) is 18.3. The molecule has 1 unspecified atom stereocenters. The molecule has 0 aromatic heterocycles. The number of piperidine rings is 1. The predicted octanol–water partition coefficient (Wildman–Crippen LogP) is 3.49. The molecule has 0 bridgehead atoms. The number of fused-ring (bicyclic) bond motifs is 1. The number of para-hydroxylation sites is 1. The Morgan fingerprint density at radius 2 is 1.91 bits per heavy atom. The van der Waals surface area contributed by atoms with E-state index in [4.69, 9.17) is 4.99 Å². The number of rotatable bonds is 6. The van der Waals surface area contributed by atoms with Crippen molar-refractivity contribution in [1.29, 1.82) is 0 Å². The monoisotopic (exact) mass is 447 g/mol. The molecule has 2 aromatic rings. The Balaban J connectivity index is 1.40. The molecule has 174 valence electrons. The summed E-state index contributed by atoms with van der Waals surface area (Å²) < 4.78 is 0. The second-order valence-electron chi connectivity index (χ2n) is 8.67. The molecule has 4 rings (SSSR count). The number of nitrogens with zero attached hydrogens (tertiary/aromatic N) is 2. The summed E-state index contributed by atoms with van der Waals surface area (Å²) in [4.78, 5) is 31.6. The lowest BCUT2D eigenvalue weighted by atomic mass is 9.90. The van der Waals surface area contributed by atoms with E-state index in [1.54, 1.807) is 0 Å². The van der Waals surface area contributed by atoms with Gasteiger partial charge in [0, 0.05) is 49.8 Å². The molecular formula is C26H33N5O2. The van der Waals surface area contributed by atoms with E-state index in [1.165, 1.54) is 6.42 Å². The van der Waals surface area contributed by atoms with Gasteiger partial charge in [-0.15, -0.1) is 0 Å². The fourth-order valence-corrected chi connectivity index (χ4v) is 4.50. The molecule has 1 atom stereocenters. The van der Waals surface area contributed by atoms with Crippen LogP contribution in [-0.2, 0) is 11.3 Å². The number of nitrogens with one attached hydrogen (secondary N) is 3. The first-order valence-corrected chi connectivity index (χ1v) is 11.9. The summed E-state index contributed by atoms with van der Waals surface area (Å²) in [7, 11) is 0. The number of anilines is 1. The SMILES string of the molecule is CCNC(=NCc1cccc(C(=O)N2CCCCC2)c1)NCC1CC(=O)Nc2ccccc21. The third-order valence-electron chi connectivity index (χ3n) is 6.20. The van der Waals surface area contributed by atoms with Crippen LogP contribution in [0.4, 0.5) is 5.69 Å². The highest BCUT2D eigenvalue weighted by Crippen LogP contribution is 2.31. The van der Waals surface area contributed by atoms with Crippen molar-refractivity contribution in [3.05, 3.63) is 65.2 Å². The van der Waals surface area contributed by atoms with Gasteiger partial charge in [0.25, 0.3) is 5.91 Å². The summed E-state index contributed by atoms with van der Waals surface area (Å²) in [6, 6.07) is 15.7. The van der Waals surface area contributed by atoms with E-state index >= 15 is 0 Å². The molecule has 0 radical (unpaired) electrons. The molecule has 1 saturated heterocycles. The van der Waals surface area contributed by atoms with Crippen molar-refractivity contribution < 1.29 is 9.59 Å². The van der Waals surface area contributed by atoms with Crippen molar-refractivity contribution in [2.75, 3.05) is 31.5 Å². The first-order chi connectivity index (χ1) is 16.1. The minimum Gasteiger partial charge on any atom is -0.357 e. The van der Waals surface area contributed by atoms with Crippen molar-refractivity contribution in [2.24, 2.45) is 4.99 Å². The molecule has 33 heavy (non-hydrogen) atoms. The van der Waals surface area contributed by atoms with Crippen molar-refractivity contribution in [3.63, 3.8) is 0 Å². The summed E-state index contributed by atoms with van der Waals surface area (Å²) in [6.45, 7) is 5.54. The number of guanidine groups is 1. The Bertz CT molecular complexity index is 1010. The molecule has 0 saturated carbocycles. The molecule has 2 heterocycles. The lowest BCUT2D eigenvalue weighted by molar-refractivity contribution is -0.116.